The van der Waals surface area contributed by atoms with E-state index >= 15 is 0 Å². The lowest BCUT2D eigenvalue weighted by molar-refractivity contribution is 0.0697. The number of carboxylic acid groups (broad SMARTS) is 1. The highest BCUT2D eigenvalue weighted by atomic mass is 35.5. The van der Waals surface area contributed by atoms with Crippen LogP contribution >= 0.6 is 35.0 Å². The molecule has 2 aliphatic rings. The molecule has 0 amide bonds. The van der Waals surface area contributed by atoms with Crippen molar-refractivity contribution in [2.75, 3.05) is 71.4 Å². The number of aryl methyl sites for hydroxylation is 1. The number of aromatic carboxylic acids is 1. The van der Waals surface area contributed by atoms with Crippen LogP contribution in [0, 0.1) is 6.92 Å². The third-order valence-electron chi connectivity index (χ3n) is 12.3. The summed E-state index contributed by atoms with van der Waals surface area (Å²) in [4.78, 5) is 20.9. The van der Waals surface area contributed by atoms with Crippen molar-refractivity contribution in [3.8, 4) is 22.4 Å². The molecule has 15 heteroatoms. The van der Waals surface area contributed by atoms with Crippen LogP contribution in [0.3, 0.4) is 0 Å². The fraction of sp³-hybridized carbons (Fsp3) is 0.300. The van der Waals surface area contributed by atoms with Gasteiger partial charge in [-0.1, -0.05) is 65.7 Å². The fourth-order valence-corrected chi connectivity index (χ4v) is 11.2. The van der Waals surface area contributed by atoms with Gasteiger partial charge in [0.25, 0.3) is 10.0 Å². The summed E-state index contributed by atoms with van der Waals surface area (Å²) in [5, 5.41) is 24.7. The first-order chi connectivity index (χ1) is 31.3. The van der Waals surface area contributed by atoms with Gasteiger partial charge in [-0.05, 0) is 122 Å². The molecule has 65 heavy (non-hydrogen) atoms. The van der Waals surface area contributed by atoms with Gasteiger partial charge in [-0.3, -0.25) is 4.72 Å². The van der Waals surface area contributed by atoms with E-state index in [0.717, 1.165) is 105 Å². The molecule has 340 valence electrons. The lowest BCUT2D eigenvalue weighted by Crippen LogP contribution is -2.46. The Bertz CT molecular complexity index is 2700. The van der Waals surface area contributed by atoms with Crippen molar-refractivity contribution in [1.82, 2.24) is 9.47 Å². The van der Waals surface area contributed by atoms with Gasteiger partial charge in [0.05, 0.1) is 16.7 Å². The molecule has 0 unspecified atom stereocenters. The lowest BCUT2D eigenvalue weighted by Gasteiger charge is -2.37. The molecule has 1 atom stereocenters. The average Bonchev–Trinajstić information content (AvgIpc) is 3.58. The largest absolute Gasteiger partial charge is 0.478 e. The normalized spacial score (nSPS) is 15.5. The smallest absolute Gasteiger partial charge is 0.339 e. The Hall–Kier alpha value is -5.15. The number of benzene rings is 5. The predicted molar refractivity (Wildman–Crippen MR) is 267 cm³/mol. The van der Waals surface area contributed by atoms with E-state index < -0.39 is 16.0 Å². The number of aliphatic hydroxyl groups excluding tert-OH is 1. The molecule has 6 aromatic rings. The first-order valence-electron chi connectivity index (χ1n) is 21.9. The molecule has 2 aliphatic heterocycles. The number of nitrogens with zero attached hydrogens (tertiary/aromatic N) is 4. The average molecular weight is 954 g/mol. The number of carbonyl (C=O) groups is 1. The number of aromatic nitrogens is 1. The van der Waals surface area contributed by atoms with Gasteiger partial charge in [0.15, 0.2) is 0 Å². The zero-order valence-corrected chi connectivity index (χ0v) is 39.6. The summed E-state index contributed by atoms with van der Waals surface area (Å²) in [7, 11) is -2.10. The second-order valence-corrected chi connectivity index (χ2v) is 20.3. The van der Waals surface area contributed by atoms with Crippen LogP contribution in [0.5, 0.6) is 0 Å². The molecule has 0 aliphatic carbocycles. The summed E-state index contributed by atoms with van der Waals surface area (Å²) >= 11 is 14.6. The third kappa shape index (κ3) is 11.1. The first kappa shape index (κ1) is 46.4. The SMILES string of the molecule is Cc1cc(S(=O)(=O)Nc2ccc(N3CCN(c4cccc(-c5c(C(=O)O)c(Cl)n(C)c5-c5ccc(Cl)cc5)c4)CC3)cc2)ccc1N[C@H](CCN1CCC(O)CC1)CSc1ccccc1. The summed E-state index contributed by atoms with van der Waals surface area (Å²) in [6.07, 6.45) is 2.33. The van der Waals surface area contributed by atoms with Crippen molar-refractivity contribution in [1.29, 1.82) is 0 Å². The molecule has 0 radical (unpaired) electrons. The van der Waals surface area contributed by atoms with Crippen LogP contribution in [-0.4, -0.2) is 97.8 Å². The molecule has 5 aromatic carbocycles. The lowest BCUT2D eigenvalue weighted by atomic mass is 9.97. The number of likely N-dealkylation sites (tertiary alicyclic amines) is 1. The quantitative estimate of drug-likeness (QED) is 0.0696. The third-order valence-corrected chi connectivity index (χ3v) is 15.6. The number of sulfonamides is 1. The number of hydrogen-bond donors (Lipinski definition) is 4. The number of piperazine rings is 1. The van der Waals surface area contributed by atoms with Gasteiger partial charge in [-0.15, -0.1) is 11.8 Å². The molecule has 11 nitrogen and oxygen atoms in total. The van der Waals surface area contributed by atoms with Gasteiger partial charge in [0.1, 0.15) is 10.7 Å². The summed E-state index contributed by atoms with van der Waals surface area (Å²) in [6, 6.07) is 38.4. The molecular weight excluding hydrogens is 900 g/mol. The number of rotatable bonds is 16. The Morgan fingerprint density at radius 2 is 1.48 bits per heavy atom. The Morgan fingerprint density at radius 1 is 0.800 bits per heavy atom. The molecule has 3 heterocycles. The van der Waals surface area contributed by atoms with Gasteiger partial charge in [0.2, 0.25) is 0 Å². The number of nitrogens with one attached hydrogen (secondary N) is 2. The van der Waals surface area contributed by atoms with E-state index in [9.17, 15) is 23.4 Å². The fourth-order valence-electron chi connectivity index (χ4n) is 8.69. The number of thioether (sulfide) groups is 1. The van der Waals surface area contributed by atoms with E-state index in [1.807, 2.05) is 79.7 Å². The summed E-state index contributed by atoms with van der Waals surface area (Å²) in [5.41, 5.74) is 7.04. The number of anilines is 4. The molecule has 0 bridgehead atoms. The first-order valence-corrected chi connectivity index (χ1v) is 25.1. The maximum Gasteiger partial charge on any atom is 0.339 e. The highest BCUT2D eigenvalue weighted by molar-refractivity contribution is 7.99. The van der Waals surface area contributed by atoms with E-state index in [1.54, 1.807) is 59.8 Å². The second kappa shape index (κ2) is 20.6. The van der Waals surface area contributed by atoms with Crippen molar-refractivity contribution >= 4 is 73.7 Å². The van der Waals surface area contributed by atoms with E-state index in [-0.39, 0.29) is 27.8 Å². The van der Waals surface area contributed by atoms with Crippen molar-refractivity contribution in [2.24, 2.45) is 7.05 Å². The molecule has 8 rings (SSSR count). The maximum atomic E-state index is 13.7. The molecule has 2 saturated heterocycles. The van der Waals surface area contributed by atoms with E-state index in [1.165, 1.54) is 4.90 Å². The minimum absolute atomic E-state index is 0.0494. The van der Waals surface area contributed by atoms with Crippen LogP contribution in [0.4, 0.5) is 22.7 Å². The maximum absolute atomic E-state index is 13.7. The predicted octanol–water partition coefficient (Wildman–Crippen LogP) is 10.2. The van der Waals surface area contributed by atoms with Gasteiger partial charge >= 0.3 is 5.97 Å². The standard InChI is InChI=1S/C50H54Cl2N6O5S2/c1-34-31-44(19-20-45(34)53-39(33-64-43-9-4-3-5-10-43)21-24-56-25-22-42(59)23-26-56)65(62,63)54-38-15-17-40(18-16-38)57-27-29-58(30-28-57)41-8-6-7-36(32-41)46-47(50(60)61)49(52)55(2)48(46)35-11-13-37(51)14-12-35/h3-20,31-32,39,42,53-54,59H,21-30,33H2,1-2H3,(H,60,61)/t39-/m1/s1. The van der Waals surface area contributed by atoms with Crippen LogP contribution in [0.2, 0.25) is 10.2 Å². The van der Waals surface area contributed by atoms with Crippen LogP contribution in [0.1, 0.15) is 35.2 Å². The number of piperidine rings is 1. The van der Waals surface area contributed by atoms with Gasteiger partial charge in [-0.2, -0.15) is 0 Å². The van der Waals surface area contributed by atoms with Crippen LogP contribution in [-0.2, 0) is 17.1 Å². The van der Waals surface area contributed by atoms with Crippen LogP contribution in [0.15, 0.2) is 131 Å². The molecule has 0 saturated carbocycles. The van der Waals surface area contributed by atoms with Crippen molar-refractivity contribution < 1.29 is 23.4 Å². The zero-order chi connectivity index (χ0) is 45.7. The van der Waals surface area contributed by atoms with Gasteiger partial charge in [-0.25, -0.2) is 13.2 Å². The van der Waals surface area contributed by atoms with Crippen LogP contribution < -0.4 is 19.8 Å². The zero-order valence-electron chi connectivity index (χ0n) is 36.5. The molecule has 1 aromatic heterocycles. The Balaban J connectivity index is 0.893. The molecular formula is C50H54Cl2N6O5S2. The second-order valence-electron chi connectivity index (χ2n) is 16.7. The summed E-state index contributed by atoms with van der Waals surface area (Å²) < 4.78 is 31.8. The minimum Gasteiger partial charge on any atom is -0.478 e. The number of carboxylic acids is 1. The Morgan fingerprint density at radius 3 is 2.14 bits per heavy atom. The summed E-state index contributed by atoms with van der Waals surface area (Å²) in [6.45, 7) is 7.58. The van der Waals surface area contributed by atoms with Crippen molar-refractivity contribution in [2.45, 2.75) is 48.1 Å². The number of hydrogen-bond acceptors (Lipinski definition) is 9. The molecule has 2 fully saturated rings. The van der Waals surface area contributed by atoms with E-state index in [0.29, 0.717) is 22.0 Å². The Kier molecular flexibility index (Phi) is 14.7. The van der Waals surface area contributed by atoms with Crippen molar-refractivity contribution in [3.05, 3.63) is 143 Å². The number of halogens is 2. The van der Waals surface area contributed by atoms with E-state index in [2.05, 4.69) is 36.9 Å². The van der Waals surface area contributed by atoms with Crippen LogP contribution in [0.25, 0.3) is 22.4 Å². The van der Waals surface area contributed by atoms with E-state index in [4.69, 9.17) is 23.2 Å². The van der Waals surface area contributed by atoms with Gasteiger partial charge in [0, 0.05) is 103 Å². The van der Waals surface area contributed by atoms with Gasteiger partial charge < -0.3 is 34.8 Å². The topological polar surface area (TPSA) is 130 Å². The Labute approximate surface area is 396 Å². The number of aliphatic hydroxyl groups is 1. The summed E-state index contributed by atoms with van der Waals surface area (Å²) in [5.74, 6) is -0.243. The minimum atomic E-state index is -3.86. The highest BCUT2D eigenvalue weighted by Gasteiger charge is 2.28. The highest BCUT2D eigenvalue weighted by Crippen LogP contribution is 2.42. The monoisotopic (exact) mass is 952 g/mol. The molecule has 0 spiro atoms. The van der Waals surface area contributed by atoms with Crippen molar-refractivity contribution in [3.63, 3.8) is 0 Å². The molecule has 4 N–H and O–H groups in total.